The van der Waals surface area contributed by atoms with Crippen molar-refractivity contribution in [2.75, 3.05) is 5.88 Å². The number of nitro groups is 1. The largest absolute Gasteiger partial charge is 0.772 e. The number of hydrogen-bond donors (Lipinski definition) is 0. The van der Waals surface area contributed by atoms with Gasteiger partial charge in [0.25, 0.3) is 0 Å². The number of nitro benzene ring substituents is 1. The van der Waals surface area contributed by atoms with Crippen LogP contribution in [0, 0.1) is 10.1 Å². The van der Waals surface area contributed by atoms with E-state index in [4.69, 9.17) is 11.6 Å². The zero-order chi connectivity index (χ0) is 13.7. The van der Waals surface area contributed by atoms with Crippen molar-refractivity contribution in [2.24, 2.45) is 0 Å². The van der Waals surface area contributed by atoms with E-state index in [9.17, 15) is 23.7 Å². The van der Waals surface area contributed by atoms with E-state index in [2.05, 4.69) is 4.74 Å². The van der Waals surface area contributed by atoms with E-state index in [0.717, 1.165) is 12.1 Å². The van der Waals surface area contributed by atoms with Crippen LogP contribution >= 0.6 is 11.6 Å². The van der Waals surface area contributed by atoms with Crippen LogP contribution in [0.15, 0.2) is 18.2 Å². The highest BCUT2D eigenvalue weighted by molar-refractivity contribution is 7.78. The molecule has 7 nitrogen and oxygen atoms in total. The molecule has 1 unspecified atom stereocenters. The monoisotopic (exact) mass is 292 g/mol. The van der Waals surface area contributed by atoms with Crippen LogP contribution in [0.4, 0.5) is 5.69 Å². The number of benzene rings is 1. The Balaban J connectivity index is 3.08. The van der Waals surface area contributed by atoms with Gasteiger partial charge in [-0.2, -0.15) is 0 Å². The first-order chi connectivity index (χ1) is 8.43. The molecule has 0 aromatic heterocycles. The molecule has 0 radical (unpaired) electrons. The molecule has 0 aliphatic carbocycles. The lowest BCUT2D eigenvalue weighted by Gasteiger charge is -2.07. The number of nitrogens with zero attached hydrogens (tertiary/aromatic N) is 1. The minimum atomic E-state index is -2.36. The van der Waals surface area contributed by atoms with Gasteiger partial charge in [-0.25, -0.2) is 0 Å². The fourth-order valence-electron chi connectivity index (χ4n) is 1.17. The fraction of sp³-hybridized carbons (Fsp3) is 0.222. The number of hydrogen-bond acceptors (Lipinski definition) is 6. The summed E-state index contributed by atoms with van der Waals surface area (Å²) in [5.74, 6) is -1.90. The van der Waals surface area contributed by atoms with Crippen LogP contribution in [0.5, 0.6) is 5.75 Å². The van der Waals surface area contributed by atoms with Gasteiger partial charge in [-0.3, -0.25) is 19.1 Å². The van der Waals surface area contributed by atoms with Crippen LogP contribution in [-0.2, 0) is 21.6 Å². The number of alkyl halides is 1. The molecule has 0 fully saturated rings. The Morgan fingerprint density at radius 3 is 2.67 bits per heavy atom. The molecular weight excluding hydrogens is 286 g/mol. The SMILES string of the molecule is O=C(CCl)Oc1ccc(CS(=O)[O-])cc1[N+](=O)[O-]. The second-order valence-corrected chi connectivity index (χ2v) is 4.28. The third-order valence-corrected chi connectivity index (χ3v) is 2.62. The average Bonchev–Trinajstić information content (AvgIpc) is 2.29. The lowest BCUT2D eigenvalue weighted by Crippen LogP contribution is -2.10. The lowest BCUT2D eigenvalue weighted by atomic mass is 10.2. The summed E-state index contributed by atoms with van der Waals surface area (Å²) in [6, 6.07) is 3.51. The molecular formula is C9H7ClNO6S-. The third kappa shape index (κ3) is 4.06. The van der Waals surface area contributed by atoms with Gasteiger partial charge >= 0.3 is 11.7 Å². The molecule has 0 heterocycles. The Kier molecular flexibility index (Phi) is 5.20. The molecule has 9 heteroatoms. The Morgan fingerprint density at radius 1 is 1.50 bits per heavy atom. The van der Waals surface area contributed by atoms with Gasteiger partial charge in [0, 0.05) is 11.8 Å². The topological polar surface area (TPSA) is 110 Å². The zero-order valence-corrected chi connectivity index (χ0v) is 10.4. The van der Waals surface area contributed by atoms with E-state index in [-0.39, 0.29) is 17.1 Å². The molecule has 0 saturated heterocycles. The molecule has 0 spiro atoms. The minimum Gasteiger partial charge on any atom is -0.772 e. The Labute approximate surface area is 109 Å². The second kappa shape index (κ2) is 6.43. The highest BCUT2D eigenvalue weighted by Gasteiger charge is 2.18. The van der Waals surface area contributed by atoms with Gasteiger partial charge in [0.05, 0.1) is 4.92 Å². The van der Waals surface area contributed by atoms with Gasteiger partial charge < -0.3 is 9.29 Å². The first kappa shape index (κ1) is 14.6. The van der Waals surface area contributed by atoms with Crippen LogP contribution < -0.4 is 4.74 Å². The third-order valence-electron chi connectivity index (χ3n) is 1.84. The molecule has 0 aliphatic rings. The first-order valence-electron chi connectivity index (χ1n) is 4.54. The summed E-state index contributed by atoms with van der Waals surface area (Å²) in [5, 5.41) is 10.8. The molecule has 0 N–H and O–H groups in total. The fourth-order valence-corrected chi connectivity index (χ4v) is 1.67. The van der Waals surface area contributed by atoms with Gasteiger partial charge in [0.2, 0.25) is 5.75 Å². The van der Waals surface area contributed by atoms with Crippen LogP contribution in [-0.4, -0.2) is 25.5 Å². The summed E-state index contributed by atoms with van der Waals surface area (Å²) in [7, 11) is 0. The number of rotatable bonds is 5. The maximum atomic E-state index is 10.9. The lowest BCUT2D eigenvalue weighted by molar-refractivity contribution is -0.385. The predicted molar refractivity (Wildman–Crippen MR) is 62.1 cm³/mol. The summed E-state index contributed by atoms with van der Waals surface area (Å²) in [6.45, 7) is 0. The molecule has 18 heavy (non-hydrogen) atoms. The number of ether oxygens (including phenoxy) is 1. The van der Waals surface area contributed by atoms with E-state index < -0.39 is 33.5 Å². The van der Waals surface area contributed by atoms with Gasteiger partial charge in [-0.05, 0) is 11.6 Å². The smallest absolute Gasteiger partial charge is 0.326 e. The standard InChI is InChI=1S/C9H8ClNO6S/c10-4-9(12)17-8-2-1-6(5-18(15)16)3-7(8)11(13)14/h1-3H,4-5H2,(H,15,16)/p-1. The van der Waals surface area contributed by atoms with Crippen molar-refractivity contribution in [3.05, 3.63) is 33.9 Å². The number of halogens is 1. The van der Waals surface area contributed by atoms with Crippen molar-refractivity contribution in [1.29, 1.82) is 0 Å². The van der Waals surface area contributed by atoms with Crippen LogP contribution in [0.2, 0.25) is 0 Å². The summed E-state index contributed by atoms with van der Waals surface area (Å²) >= 11 is 2.85. The highest BCUT2D eigenvalue weighted by atomic mass is 35.5. The van der Waals surface area contributed by atoms with Gasteiger partial charge in [-0.1, -0.05) is 17.1 Å². The highest BCUT2D eigenvalue weighted by Crippen LogP contribution is 2.28. The van der Waals surface area contributed by atoms with E-state index in [1.165, 1.54) is 6.07 Å². The van der Waals surface area contributed by atoms with Gasteiger partial charge in [-0.15, -0.1) is 11.6 Å². The predicted octanol–water partition coefficient (Wildman–Crippen LogP) is 1.12. The van der Waals surface area contributed by atoms with Crippen molar-refractivity contribution < 1.29 is 23.2 Å². The Morgan fingerprint density at radius 2 is 2.17 bits per heavy atom. The molecule has 0 saturated carbocycles. The van der Waals surface area contributed by atoms with Crippen molar-refractivity contribution >= 4 is 34.3 Å². The van der Waals surface area contributed by atoms with Crippen LogP contribution in [0.3, 0.4) is 0 Å². The minimum absolute atomic E-state index is 0.223. The van der Waals surface area contributed by atoms with E-state index in [1.807, 2.05) is 0 Å². The number of esters is 1. The van der Waals surface area contributed by atoms with Crippen LogP contribution in [0.1, 0.15) is 5.56 Å². The summed E-state index contributed by atoms with van der Waals surface area (Å²) in [5.41, 5.74) is -0.267. The van der Waals surface area contributed by atoms with Crippen molar-refractivity contribution in [2.45, 2.75) is 5.75 Å². The normalized spacial score (nSPS) is 11.9. The number of carbonyl (C=O) groups is 1. The van der Waals surface area contributed by atoms with Gasteiger partial charge in [0.15, 0.2) is 0 Å². The number of carbonyl (C=O) groups excluding carboxylic acids is 1. The molecule has 1 atom stereocenters. The zero-order valence-electron chi connectivity index (χ0n) is 8.83. The maximum Gasteiger partial charge on any atom is 0.326 e. The summed E-state index contributed by atoms with van der Waals surface area (Å²) in [4.78, 5) is 20.9. The average molecular weight is 293 g/mol. The molecule has 98 valence electrons. The van der Waals surface area contributed by atoms with Gasteiger partial charge in [0.1, 0.15) is 5.88 Å². The Hall–Kier alpha value is -1.51. The maximum absolute atomic E-state index is 10.9. The van der Waals surface area contributed by atoms with Crippen molar-refractivity contribution in [3.63, 3.8) is 0 Å². The molecule has 0 aliphatic heterocycles. The van der Waals surface area contributed by atoms with E-state index in [0.29, 0.717) is 0 Å². The Bertz CT molecular complexity index is 506. The van der Waals surface area contributed by atoms with E-state index in [1.54, 1.807) is 0 Å². The summed E-state index contributed by atoms with van der Waals surface area (Å²) in [6.07, 6.45) is 0. The quantitative estimate of drug-likeness (QED) is 0.201. The van der Waals surface area contributed by atoms with Crippen molar-refractivity contribution in [3.8, 4) is 5.75 Å². The first-order valence-corrected chi connectivity index (χ1v) is 6.31. The second-order valence-electron chi connectivity index (χ2n) is 3.11. The molecule has 0 amide bonds. The molecule has 0 bridgehead atoms. The van der Waals surface area contributed by atoms with Crippen LogP contribution in [0.25, 0.3) is 0 Å². The molecule has 1 aromatic carbocycles. The molecule has 1 rings (SSSR count). The molecule has 1 aromatic rings. The van der Waals surface area contributed by atoms with Crippen molar-refractivity contribution in [1.82, 2.24) is 0 Å². The summed E-state index contributed by atoms with van der Waals surface area (Å²) < 4.78 is 25.6. The van der Waals surface area contributed by atoms with E-state index >= 15 is 0 Å².